The van der Waals surface area contributed by atoms with Crippen molar-refractivity contribution in [2.75, 3.05) is 5.73 Å². The average molecular weight is 261 g/mol. The van der Waals surface area contributed by atoms with Crippen molar-refractivity contribution < 1.29 is 9.53 Å². The molecule has 0 radical (unpaired) electrons. The average Bonchev–Trinajstić information content (AvgIpc) is 2.35. The number of anilines is 1. The van der Waals surface area contributed by atoms with Crippen molar-refractivity contribution in [2.24, 2.45) is 5.41 Å². The van der Waals surface area contributed by atoms with Crippen LogP contribution in [-0.2, 0) is 4.74 Å². The Labute approximate surface area is 115 Å². The molecule has 1 fully saturated rings. The fourth-order valence-corrected chi connectivity index (χ4v) is 2.55. The number of nitrogen functional groups attached to an aromatic ring is 1. The summed E-state index contributed by atoms with van der Waals surface area (Å²) in [5.74, 6) is -0.286. The molecule has 3 heteroatoms. The van der Waals surface area contributed by atoms with Gasteiger partial charge in [0.15, 0.2) is 0 Å². The molecule has 1 aromatic rings. The second-order valence-corrected chi connectivity index (χ2v) is 6.36. The monoisotopic (exact) mass is 261 g/mol. The third-order valence-electron chi connectivity index (χ3n) is 3.99. The Balaban J connectivity index is 2.00. The molecule has 104 valence electrons. The van der Waals surface area contributed by atoms with Gasteiger partial charge in [-0.2, -0.15) is 0 Å². The van der Waals surface area contributed by atoms with E-state index >= 15 is 0 Å². The molecule has 0 unspecified atom stereocenters. The van der Waals surface area contributed by atoms with Crippen LogP contribution in [0.3, 0.4) is 0 Å². The van der Waals surface area contributed by atoms with E-state index in [0.29, 0.717) is 16.7 Å². The van der Waals surface area contributed by atoms with Gasteiger partial charge in [0.1, 0.15) is 6.10 Å². The molecule has 0 aromatic heterocycles. The SMILES string of the molecule is Cc1ccc(N)c(C(=O)OC2CCC(C)(C)CC2)c1. The van der Waals surface area contributed by atoms with Crippen LogP contribution in [0.25, 0.3) is 0 Å². The summed E-state index contributed by atoms with van der Waals surface area (Å²) in [5, 5.41) is 0. The highest BCUT2D eigenvalue weighted by atomic mass is 16.5. The Morgan fingerprint density at radius 1 is 1.32 bits per heavy atom. The van der Waals surface area contributed by atoms with Crippen LogP contribution in [0.2, 0.25) is 0 Å². The van der Waals surface area contributed by atoms with Crippen molar-refractivity contribution in [3.63, 3.8) is 0 Å². The van der Waals surface area contributed by atoms with Gasteiger partial charge < -0.3 is 10.5 Å². The summed E-state index contributed by atoms with van der Waals surface area (Å²) >= 11 is 0. The maximum absolute atomic E-state index is 12.1. The normalized spacial score (nSPS) is 19.1. The molecule has 3 nitrogen and oxygen atoms in total. The Hall–Kier alpha value is -1.51. The van der Waals surface area contributed by atoms with E-state index in [1.54, 1.807) is 12.1 Å². The van der Waals surface area contributed by atoms with Crippen molar-refractivity contribution in [2.45, 2.75) is 52.6 Å². The van der Waals surface area contributed by atoms with Gasteiger partial charge in [0.2, 0.25) is 0 Å². The zero-order valence-corrected chi connectivity index (χ0v) is 12.0. The van der Waals surface area contributed by atoms with Crippen molar-refractivity contribution in [3.05, 3.63) is 29.3 Å². The highest BCUT2D eigenvalue weighted by molar-refractivity contribution is 5.95. The van der Waals surface area contributed by atoms with Crippen LogP contribution in [0.4, 0.5) is 5.69 Å². The topological polar surface area (TPSA) is 52.3 Å². The van der Waals surface area contributed by atoms with E-state index in [0.717, 1.165) is 31.2 Å². The van der Waals surface area contributed by atoms with Crippen molar-refractivity contribution in [1.82, 2.24) is 0 Å². The van der Waals surface area contributed by atoms with E-state index in [1.165, 1.54) is 0 Å². The molecule has 1 aliphatic carbocycles. The number of carbonyl (C=O) groups excluding carboxylic acids is 1. The fourth-order valence-electron chi connectivity index (χ4n) is 2.55. The molecule has 2 rings (SSSR count). The maximum atomic E-state index is 12.1. The van der Waals surface area contributed by atoms with Gasteiger partial charge in [0.05, 0.1) is 5.56 Å². The lowest BCUT2D eigenvalue weighted by Crippen LogP contribution is -2.28. The molecule has 0 atom stereocenters. The standard InChI is InChI=1S/C16H23NO2/c1-11-4-5-14(17)13(10-11)15(18)19-12-6-8-16(2,3)9-7-12/h4-5,10,12H,6-9,17H2,1-3H3. The molecule has 0 spiro atoms. The molecular weight excluding hydrogens is 238 g/mol. The molecule has 0 aliphatic heterocycles. The summed E-state index contributed by atoms with van der Waals surface area (Å²) in [6.07, 6.45) is 4.15. The van der Waals surface area contributed by atoms with Gasteiger partial charge in [-0.15, -0.1) is 0 Å². The predicted octanol–water partition coefficient (Wildman–Crippen LogP) is 3.70. The summed E-state index contributed by atoms with van der Waals surface area (Å²) in [6, 6.07) is 5.45. The molecule has 1 saturated carbocycles. The van der Waals surface area contributed by atoms with Gasteiger partial charge in [-0.05, 0) is 50.2 Å². The largest absolute Gasteiger partial charge is 0.459 e. The summed E-state index contributed by atoms with van der Waals surface area (Å²) in [5.41, 5.74) is 8.22. The summed E-state index contributed by atoms with van der Waals surface area (Å²) in [6.45, 7) is 6.48. The lowest BCUT2D eigenvalue weighted by molar-refractivity contribution is 0.00961. The predicted molar refractivity (Wildman–Crippen MR) is 77.0 cm³/mol. The van der Waals surface area contributed by atoms with Gasteiger partial charge in [0.25, 0.3) is 0 Å². The van der Waals surface area contributed by atoms with Gasteiger partial charge in [-0.3, -0.25) is 0 Å². The summed E-state index contributed by atoms with van der Waals surface area (Å²) in [4.78, 5) is 12.1. The third kappa shape index (κ3) is 3.49. The van der Waals surface area contributed by atoms with Crippen molar-refractivity contribution >= 4 is 11.7 Å². The van der Waals surface area contributed by atoms with Crippen LogP contribution in [0.15, 0.2) is 18.2 Å². The molecule has 19 heavy (non-hydrogen) atoms. The Bertz CT molecular complexity index is 470. The lowest BCUT2D eigenvalue weighted by Gasteiger charge is -2.33. The second-order valence-electron chi connectivity index (χ2n) is 6.36. The summed E-state index contributed by atoms with van der Waals surface area (Å²) in [7, 11) is 0. The molecule has 0 saturated heterocycles. The smallest absolute Gasteiger partial charge is 0.340 e. The van der Waals surface area contributed by atoms with E-state index in [1.807, 2.05) is 13.0 Å². The number of ether oxygens (including phenoxy) is 1. The number of hydrogen-bond donors (Lipinski definition) is 1. The first-order valence-electron chi connectivity index (χ1n) is 6.94. The summed E-state index contributed by atoms with van der Waals surface area (Å²) < 4.78 is 5.59. The minimum atomic E-state index is -0.286. The zero-order valence-electron chi connectivity index (χ0n) is 12.0. The molecule has 0 amide bonds. The molecule has 1 aromatic carbocycles. The number of carbonyl (C=O) groups is 1. The van der Waals surface area contributed by atoms with Crippen LogP contribution >= 0.6 is 0 Å². The fraction of sp³-hybridized carbons (Fsp3) is 0.562. The van der Waals surface area contributed by atoms with E-state index < -0.39 is 0 Å². The highest BCUT2D eigenvalue weighted by Crippen LogP contribution is 2.36. The molecule has 0 bridgehead atoms. The van der Waals surface area contributed by atoms with Gasteiger partial charge in [-0.25, -0.2) is 4.79 Å². The first-order chi connectivity index (χ1) is 8.87. The van der Waals surface area contributed by atoms with Crippen LogP contribution in [0, 0.1) is 12.3 Å². The quantitative estimate of drug-likeness (QED) is 0.652. The number of hydrogen-bond acceptors (Lipinski definition) is 3. The van der Waals surface area contributed by atoms with Gasteiger partial charge in [-0.1, -0.05) is 25.5 Å². The van der Waals surface area contributed by atoms with E-state index in [-0.39, 0.29) is 12.1 Å². The van der Waals surface area contributed by atoms with Crippen LogP contribution in [-0.4, -0.2) is 12.1 Å². The van der Waals surface area contributed by atoms with E-state index in [4.69, 9.17) is 10.5 Å². The van der Waals surface area contributed by atoms with Gasteiger partial charge >= 0.3 is 5.97 Å². The highest BCUT2D eigenvalue weighted by Gasteiger charge is 2.29. The minimum absolute atomic E-state index is 0.0421. The Morgan fingerprint density at radius 3 is 2.58 bits per heavy atom. The van der Waals surface area contributed by atoms with Crippen LogP contribution in [0.5, 0.6) is 0 Å². The third-order valence-corrected chi connectivity index (χ3v) is 3.99. The van der Waals surface area contributed by atoms with Crippen molar-refractivity contribution in [3.8, 4) is 0 Å². The molecule has 2 N–H and O–H groups in total. The number of nitrogens with two attached hydrogens (primary N) is 1. The van der Waals surface area contributed by atoms with Gasteiger partial charge in [0, 0.05) is 5.69 Å². The number of esters is 1. The Kier molecular flexibility index (Phi) is 3.83. The first-order valence-corrected chi connectivity index (χ1v) is 6.94. The van der Waals surface area contributed by atoms with Crippen LogP contribution < -0.4 is 5.73 Å². The zero-order chi connectivity index (χ0) is 14.0. The van der Waals surface area contributed by atoms with E-state index in [2.05, 4.69) is 13.8 Å². The minimum Gasteiger partial charge on any atom is -0.459 e. The maximum Gasteiger partial charge on any atom is 0.340 e. The van der Waals surface area contributed by atoms with Crippen LogP contribution in [0.1, 0.15) is 55.5 Å². The first kappa shape index (κ1) is 13.9. The van der Waals surface area contributed by atoms with E-state index in [9.17, 15) is 4.79 Å². The number of aryl methyl sites for hydroxylation is 1. The second kappa shape index (κ2) is 5.24. The number of rotatable bonds is 2. The van der Waals surface area contributed by atoms with Crippen molar-refractivity contribution in [1.29, 1.82) is 0 Å². The molecular formula is C16H23NO2. The lowest BCUT2D eigenvalue weighted by atomic mass is 9.76. The number of benzene rings is 1. The molecule has 0 heterocycles. The molecule has 1 aliphatic rings. The Morgan fingerprint density at radius 2 is 1.95 bits per heavy atom.